The molecule has 0 fully saturated rings. The number of hydrogen-bond acceptors (Lipinski definition) is 3. The van der Waals surface area contributed by atoms with Crippen LogP contribution in [0.5, 0.6) is 0 Å². The molecule has 0 N–H and O–H groups in total. The Balaban J connectivity index is 2.50. The first-order chi connectivity index (χ1) is 7.11. The van der Waals surface area contributed by atoms with E-state index in [1.54, 1.807) is 7.05 Å². The summed E-state index contributed by atoms with van der Waals surface area (Å²) in [6, 6.07) is 0. The molecule has 0 aliphatic carbocycles. The molecule has 0 atom stereocenters. The first kappa shape index (κ1) is 10.4. The largest absolute Gasteiger partial charge is 0.287 e. The third kappa shape index (κ3) is 1.70. The lowest BCUT2D eigenvalue weighted by Gasteiger charge is -2.01. The van der Waals surface area contributed by atoms with Crippen LogP contribution in [0, 0.1) is 6.92 Å². The highest BCUT2D eigenvalue weighted by Crippen LogP contribution is 2.22. The van der Waals surface area contributed by atoms with Crippen molar-refractivity contribution >= 4 is 28.7 Å². The van der Waals surface area contributed by atoms with Gasteiger partial charge >= 0.3 is 0 Å². The third-order valence-electron chi connectivity index (χ3n) is 2.21. The van der Waals surface area contributed by atoms with Crippen LogP contribution in [-0.2, 0) is 7.05 Å². The molecule has 0 saturated carbocycles. The quantitative estimate of drug-likeness (QED) is 0.757. The van der Waals surface area contributed by atoms with E-state index in [4.69, 9.17) is 11.6 Å². The molecule has 5 heteroatoms. The highest BCUT2D eigenvalue weighted by Gasteiger charge is 2.19. The number of ketones is 1. The number of nitrogens with zero attached hydrogens (tertiary/aromatic N) is 2. The summed E-state index contributed by atoms with van der Waals surface area (Å²) in [5.74, 6) is -0.0706. The van der Waals surface area contributed by atoms with Gasteiger partial charge < -0.3 is 0 Å². The molecule has 2 heterocycles. The number of aryl methyl sites for hydroxylation is 2. The topological polar surface area (TPSA) is 34.9 Å². The van der Waals surface area contributed by atoms with Gasteiger partial charge in [0, 0.05) is 18.0 Å². The van der Waals surface area contributed by atoms with Gasteiger partial charge in [-0.25, -0.2) is 0 Å². The predicted molar refractivity (Wildman–Crippen MR) is 60.7 cm³/mol. The van der Waals surface area contributed by atoms with Crippen molar-refractivity contribution in [3.63, 3.8) is 0 Å². The van der Waals surface area contributed by atoms with E-state index in [2.05, 4.69) is 5.10 Å². The molecular formula is C10H9ClN2OS. The van der Waals surface area contributed by atoms with Crippen LogP contribution >= 0.6 is 22.9 Å². The van der Waals surface area contributed by atoms with Crippen LogP contribution in [0.25, 0.3) is 0 Å². The Bertz CT molecular complexity index is 496. The van der Waals surface area contributed by atoms with E-state index in [0.29, 0.717) is 16.3 Å². The van der Waals surface area contributed by atoms with E-state index >= 15 is 0 Å². The number of rotatable bonds is 2. The molecule has 3 nitrogen and oxygen atoms in total. The van der Waals surface area contributed by atoms with Crippen LogP contribution in [0.3, 0.4) is 0 Å². The molecule has 15 heavy (non-hydrogen) atoms. The van der Waals surface area contributed by atoms with Crippen molar-refractivity contribution in [2.45, 2.75) is 6.92 Å². The van der Waals surface area contributed by atoms with Gasteiger partial charge in [0.1, 0.15) is 5.69 Å². The smallest absolute Gasteiger partial charge is 0.213 e. The molecule has 0 bridgehead atoms. The van der Waals surface area contributed by atoms with E-state index in [1.807, 2.05) is 17.7 Å². The van der Waals surface area contributed by atoms with Crippen LogP contribution in [-0.4, -0.2) is 15.6 Å². The number of carbonyl (C=O) groups is 1. The highest BCUT2D eigenvalue weighted by atomic mass is 35.5. The second kappa shape index (κ2) is 3.79. The molecule has 2 rings (SSSR count). The average molecular weight is 241 g/mol. The molecule has 0 unspecified atom stereocenters. The molecule has 0 radical (unpaired) electrons. The number of thiophene rings is 1. The Morgan fingerprint density at radius 3 is 2.73 bits per heavy atom. The maximum atomic E-state index is 12.1. The molecule has 2 aromatic heterocycles. The van der Waals surface area contributed by atoms with E-state index in [-0.39, 0.29) is 5.78 Å². The minimum atomic E-state index is -0.0706. The summed E-state index contributed by atoms with van der Waals surface area (Å²) in [5, 5.41) is 8.12. The second-order valence-electron chi connectivity index (χ2n) is 3.26. The fourth-order valence-electron chi connectivity index (χ4n) is 1.39. The van der Waals surface area contributed by atoms with Gasteiger partial charge in [-0.2, -0.15) is 16.4 Å². The Morgan fingerprint density at radius 1 is 1.53 bits per heavy atom. The number of hydrogen-bond donors (Lipinski definition) is 0. The van der Waals surface area contributed by atoms with Gasteiger partial charge in [-0.3, -0.25) is 9.48 Å². The number of carbonyl (C=O) groups excluding carboxylic acids is 1. The Morgan fingerprint density at radius 2 is 2.27 bits per heavy atom. The lowest BCUT2D eigenvalue weighted by Crippen LogP contribution is -2.08. The maximum Gasteiger partial charge on any atom is 0.213 e. The van der Waals surface area contributed by atoms with Gasteiger partial charge in [0.2, 0.25) is 5.78 Å². The van der Waals surface area contributed by atoms with Crippen LogP contribution in [0.1, 0.15) is 21.6 Å². The van der Waals surface area contributed by atoms with Crippen molar-refractivity contribution in [3.8, 4) is 0 Å². The predicted octanol–water partition coefficient (Wildman–Crippen LogP) is 2.67. The van der Waals surface area contributed by atoms with Gasteiger partial charge in [0.15, 0.2) is 0 Å². The SMILES string of the molecule is Cc1cscc1C(=O)c1c(Cl)cnn1C. The van der Waals surface area contributed by atoms with Crippen LogP contribution < -0.4 is 0 Å². The van der Waals surface area contributed by atoms with E-state index in [0.717, 1.165) is 5.56 Å². The van der Waals surface area contributed by atoms with E-state index < -0.39 is 0 Å². The number of aromatic nitrogens is 2. The van der Waals surface area contributed by atoms with Crippen molar-refractivity contribution in [2.24, 2.45) is 7.05 Å². The molecule has 0 amide bonds. The van der Waals surface area contributed by atoms with E-state index in [9.17, 15) is 4.79 Å². The van der Waals surface area contributed by atoms with E-state index in [1.165, 1.54) is 22.2 Å². The molecule has 0 aromatic carbocycles. The summed E-state index contributed by atoms with van der Waals surface area (Å²) in [7, 11) is 1.71. The molecule has 2 aromatic rings. The van der Waals surface area contributed by atoms with Crippen LogP contribution in [0.4, 0.5) is 0 Å². The number of halogens is 1. The summed E-state index contributed by atoms with van der Waals surface area (Å²) in [5.41, 5.74) is 2.12. The summed E-state index contributed by atoms with van der Waals surface area (Å²) >= 11 is 7.42. The van der Waals surface area contributed by atoms with Crippen molar-refractivity contribution in [1.29, 1.82) is 0 Å². The van der Waals surface area contributed by atoms with Gasteiger partial charge in [-0.15, -0.1) is 0 Å². The first-order valence-corrected chi connectivity index (χ1v) is 5.68. The zero-order valence-corrected chi connectivity index (χ0v) is 9.89. The summed E-state index contributed by atoms with van der Waals surface area (Å²) in [6.45, 7) is 1.91. The Kier molecular flexibility index (Phi) is 2.63. The Labute approximate surface area is 96.3 Å². The summed E-state index contributed by atoms with van der Waals surface area (Å²) < 4.78 is 1.50. The maximum absolute atomic E-state index is 12.1. The second-order valence-corrected chi connectivity index (χ2v) is 4.41. The fourth-order valence-corrected chi connectivity index (χ4v) is 2.47. The minimum Gasteiger partial charge on any atom is -0.287 e. The third-order valence-corrected chi connectivity index (χ3v) is 3.35. The normalized spacial score (nSPS) is 10.6. The first-order valence-electron chi connectivity index (χ1n) is 4.36. The minimum absolute atomic E-state index is 0.0706. The summed E-state index contributed by atoms with van der Waals surface area (Å²) in [4.78, 5) is 12.1. The average Bonchev–Trinajstić information content (AvgIpc) is 2.73. The fraction of sp³-hybridized carbons (Fsp3) is 0.200. The lowest BCUT2D eigenvalue weighted by atomic mass is 10.1. The van der Waals surface area contributed by atoms with Gasteiger partial charge in [-0.05, 0) is 17.9 Å². The van der Waals surface area contributed by atoms with Crippen LogP contribution in [0.15, 0.2) is 17.0 Å². The molecule has 0 spiro atoms. The lowest BCUT2D eigenvalue weighted by molar-refractivity contribution is 0.103. The summed E-state index contributed by atoms with van der Waals surface area (Å²) in [6.07, 6.45) is 1.48. The van der Waals surface area contributed by atoms with Gasteiger partial charge in [0.05, 0.1) is 11.2 Å². The molecule has 78 valence electrons. The Hall–Kier alpha value is -1.13. The van der Waals surface area contributed by atoms with Crippen molar-refractivity contribution < 1.29 is 4.79 Å². The molecule has 0 saturated heterocycles. The zero-order chi connectivity index (χ0) is 11.0. The molecule has 0 aliphatic rings. The monoisotopic (exact) mass is 240 g/mol. The zero-order valence-electron chi connectivity index (χ0n) is 8.32. The molecular weight excluding hydrogens is 232 g/mol. The molecule has 0 aliphatic heterocycles. The van der Waals surface area contributed by atoms with Crippen LogP contribution in [0.2, 0.25) is 5.02 Å². The van der Waals surface area contributed by atoms with Crippen molar-refractivity contribution in [2.75, 3.05) is 0 Å². The van der Waals surface area contributed by atoms with Gasteiger partial charge in [0.25, 0.3) is 0 Å². The van der Waals surface area contributed by atoms with Gasteiger partial charge in [-0.1, -0.05) is 11.6 Å². The van der Waals surface area contributed by atoms with Crippen molar-refractivity contribution in [3.05, 3.63) is 38.8 Å². The highest BCUT2D eigenvalue weighted by molar-refractivity contribution is 7.08. The standard InChI is InChI=1S/C10H9ClN2OS/c1-6-4-15-5-7(6)10(14)9-8(11)3-12-13(9)2/h3-5H,1-2H3. The van der Waals surface area contributed by atoms with Crippen molar-refractivity contribution in [1.82, 2.24) is 9.78 Å².